The quantitative estimate of drug-likeness (QED) is 0.767. The first-order valence-electron chi connectivity index (χ1n) is 8.32. The molecule has 1 aromatic carbocycles. The number of anilines is 1. The second kappa shape index (κ2) is 9.25. The molecule has 2 N–H and O–H groups in total. The van der Waals surface area contributed by atoms with Crippen molar-refractivity contribution in [1.29, 1.82) is 0 Å². The first-order valence-corrected chi connectivity index (χ1v) is 8.32. The molecule has 0 bridgehead atoms. The summed E-state index contributed by atoms with van der Waals surface area (Å²) in [5, 5.41) is 5.49. The van der Waals surface area contributed by atoms with E-state index in [1.807, 2.05) is 6.92 Å². The van der Waals surface area contributed by atoms with Crippen molar-refractivity contribution in [2.24, 2.45) is 0 Å². The lowest BCUT2D eigenvalue weighted by Gasteiger charge is -2.34. The normalized spacial score (nSPS) is 16.7. The number of nitrogens with zero attached hydrogens (tertiary/aromatic N) is 2. The van der Waals surface area contributed by atoms with Gasteiger partial charge in [0.15, 0.2) is 0 Å². The van der Waals surface area contributed by atoms with Crippen molar-refractivity contribution < 1.29 is 13.9 Å². The maximum Gasteiger partial charge on any atom is 0.319 e. The molecule has 0 aliphatic carbocycles. The van der Waals surface area contributed by atoms with Gasteiger partial charge in [-0.3, -0.25) is 4.90 Å². The zero-order chi connectivity index (χ0) is 18.2. The molecule has 2 rings (SSSR count). The van der Waals surface area contributed by atoms with Gasteiger partial charge in [-0.05, 0) is 26.1 Å². The van der Waals surface area contributed by atoms with Gasteiger partial charge in [0.25, 0.3) is 0 Å². The van der Waals surface area contributed by atoms with Crippen LogP contribution in [0.5, 0.6) is 5.75 Å². The van der Waals surface area contributed by atoms with Gasteiger partial charge in [-0.1, -0.05) is 5.92 Å². The third-order valence-electron chi connectivity index (χ3n) is 4.01. The van der Waals surface area contributed by atoms with Gasteiger partial charge >= 0.3 is 6.03 Å². The number of carbonyl (C=O) groups excluding carboxylic acids is 1. The first kappa shape index (κ1) is 19.0. The van der Waals surface area contributed by atoms with Gasteiger partial charge in [-0.15, -0.1) is 6.42 Å². The number of hydrogen-bond acceptors (Lipinski definition) is 4. The van der Waals surface area contributed by atoms with Crippen LogP contribution >= 0.6 is 0 Å². The fraction of sp³-hybridized carbons (Fsp3) is 0.500. The van der Waals surface area contributed by atoms with Crippen LogP contribution in [0.1, 0.15) is 6.92 Å². The van der Waals surface area contributed by atoms with Gasteiger partial charge in [0.1, 0.15) is 18.2 Å². The average molecular weight is 348 g/mol. The third-order valence-corrected chi connectivity index (χ3v) is 4.01. The third kappa shape index (κ3) is 6.25. The van der Waals surface area contributed by atoms with Crippen molar-refractivity contribution in [1.82, 2.24) is 15.1 Å². The molecular formula is C18H25FN4O2. The molecule has 0 saturated carbocycles. The summed E-state index contributed by atoms with van der Waals surface area (Å²) in [5.41, 5.74) is 0.250. The summed E-state index contributed by atoms with van der Waals surface area (Å²) in [5.74, 6) is 2.21. The van der Waals surface area contributed by atoms with Crippen LogP contribution in [0.3, 0.4) is 0 Å². The number of benzene rings is 1. The van der Waals surface area contributed by atoms with E-state index >= 15 is 0 Å². The fourth-order valence-electron chi connectivity index (χ4n) is 2.69. The first-order chi connectivity index (χ1) is 12.0. The lowest BCUT2D eigenvalue weighted by Crippen LogP contribution is -2.50. The summed E-state index contributed by atoms with van der Waals surface area (Å²) in [4.78, 5) is 16.8. The lowest BCUT2D eigenvalue weighted by atomic mass is 10.2. The zero-order valence-corrected chi connectivity index (χ0v) is 14.7. The molecule has 0 radical (unpaired) electrons. The Morgan fingerprint density at radius 2 is 2.12 bits per heavy atom. The summed E-state index contributed by atoms with van der Waals surface area (Å²) < 4.78 is 18.8. The summed E-state index contributed by atoms with van der Waals surface area (Å²) in [6.07, 6.45) is 5.16. The Hall–Kier alpha value is -2.30. The lowest BCUT2D eigenvalue weighted by molar-refractivity contribution is 0.145. The monoisotopic (exact) mass is 348 g/mol. The van der Waals surface area contributed by atoms with E-state index in [4.69, 9.17) is 11.2 Å². The van der Waals surface area contributed by atoms with Crippen molar-refractivity contribution in [2.75, 3.05) is 51.7 Å². The van der Waals surface area contributed by atoms with E-state index in [-0.39, 0.29) is 18.3 Å². The van der Waals surface area contributed by atoms with Gasteiger partial charge in [-0.2, -0.15) is 0 Å². The molecule has 25 heavy (non-hydrogen) atoms. The van der Waals surface area contributed by atoms with E-state index in [1.165, 1.54) is 18.2 Å². The molecule has 0 spiro atoms. The molecule has 1 aliphatic rings. The van der Waals surface area contributed by atoms with E-state index in [2.05, 4.69) is 33.4 Å². The molecule has 0 aromatic heterocycles. The van der Waals surface area contributed by atoms with E-state index < -0.39 is 11.8 Å². The van der Waals surface area contributed by atoms with Crippen LogP contribution in [-0.4, -0.2) is 68.3 Å². The Balaban J connectivity index is 1.87. The molecule has 1 atom stereocenters. The van der Waals surface area contributed by atoms with Crippen LogP contribution in [0.25, 0.3) is 0 Å². The molecule has 6 nitrogen and oxygen atoms in total. The Labute approximate surface area is 148 Å². The van der Waals surface area contributed by atoms with Crippen molar-refractivity contribution in [3.63, 3.8) is 0 Å². The Kier molecular flexibility index (Phi) is 7.04. The van der Waals surface area contributed by atoms with Crippen molar-refractivity contribution >= 4 is 11.7 Å². The molecule has 1 saturated heterocycles. The number of likely N-dealkylation sites (N-methyl/N-ethyl adjacent to an activating group) is 1. The minimum absolute atomic E-state index is 0.0351. The topological polar surface area (TPSA) is 56.8 Å². The van der Waals surface area contributed by atoms with Crippen LogP contribution in [0, 0.1) is 18.2 Å². The number of terminal acetylenes is 1. The Morgan fingerprint density at radius 1 is 1.40 bits per heavy atom. The van der Waals surface area contributed by atoms with E-state index in [0.29, 0.717) is 5.75 Å². The molecule has 136 valence electrons. The Morgan fingerprint density at radius 3 is 2.80 bits per heavy atom. The van der Waals surface area contributed by atoms with E-state index in [1.54, 1.807) is 0 Å². The second-order valence-corrected chi connectivity index (χ2v) is 6.24. The highest BCUT2D eigenvalue weighted by Gasteiger charge is 2.17. The highest BCUT2D eigenvalue weighted by Crippen LogP contribution is 2.25. The van der Waals surface area contributed by atoms with Crippen molar-refractivity contribution in [3.8, 4) is 18.1 Å². The fourth-order valence-corrected chi connectivity index (χ4v) is 2.69. The molecule has 1 unspecified atom stereocenters. The molecule has 2 amide bonds. The van der Waals surface area contributed by atoms with Gasteiger partial charge < -0.3 is 20.3 Å². The highest BCUT2D eigenvalue weighted by molar-refractivity contribution is 5.91. The number of urea groups is 1. The van der Waals surface area contributed by atoms with Crippen molar-refractivity contribution in [3.05, 3.63) is 24.0 Å². The summed E-state index contributed by atoms with van der Waals surface area (Å²) in [6, 6.07) is 3.46. The molecule has 1 heterocycles. The summed E-state index contributed by atoms with van der Waals surface area (Å²) >= 11 is 0. The molecule has 1 aliphatic heterocycles. The maximum absolute atomic E-state index is 13.4. The van der Waals surface area contributed by atoms with Crippen molar-refractivity contribution in [2.45, 2.75) is 13.0 Å². The number of ether oxygens (including phenoxy) is 1. The number of piperazine rings is 1. The minimum atomic E-state index is -0.464. The number of hydrogen-bond donors (Lipinski definition) is 2. The number of rotatable bonds is 6. The molecule has 1 aromatic rings. The van der Waals surface area contributed by atoms with E-state index in [9.17, 15) is 9.18 Å². The van der Waals surface area contributed by atoms with Crippen LogP contribution in [0.4, 0.5) is 14.9 Å². The number of carbonyl (C=O) groups is 1. The second-order valence-electron chi connectivity index (χ2n) is 6.24. The van der Waals surface area contributed by atoms with Crippen LogP contribution in [-0.2, 0) is 0 Å². The SMILES string of the molecule is C#CCOc1ccc(F)cc1NC(=O)NC(C)CN1CCN(C)CC1. The zero-order valence-electron chi connectivity index (χ0n) is 14.7. The number of nitrogens with one attached hydrogen (secondary N) is 2. The van der Waals surface area contributed by atoms with Gasteiger partial charge in [0.05, 0.1) is 5.69 Å². The predicted octanol–water partition coefficient (Wildman–Crippen LogP) is 1.60. The minimum Gasteiger partial charge on any atom is -0.479 e. The van der Waals surface area contributed by atoms with Crippen LogP contribution < -0.4 is 15.4 Å². The smallest absolute Gasteiger partial charge is 0.319 e. The average Bonchev–Trinajstić information content (AvgIpc) is 2.56. The van der Waals surface area contributed by atoms with Gasteiger partial charge in [-0.25, -0.2) is 9.18 Å². The summed E-state index contributed by atoms with van der Waals surface area (Å²) in [7, 11) is 2.10. The molecular weight excluding hydrogens is 323 g/mol. The summed E-state index contributed by atoms with van der Waals surface area (Å²) in [6.45, 7) is 6.78. The molecule has 1 fully saturated rings. The predicted molar refractivity (Wildman–Crippen MR) is 96.3 cm³/mol. The Bertz CT molecular complexity index is 624. The standard InChI is InChI=1S/C18H25FN4O2/c1-4-11-25-17-6-5-15(19)12-16(17)21-18(24)20-14(2)13-23-9-7-22(3)8-10-23/h1,5-6,12,14H,7-11,13H2,2-3H3,(H2,20,21,24). The van der Waals surface area contributed by atoms with Gasteiger partial charge in [0.2, 0.25) is 0 Å². The highest BCUT2D eigenvalue weighted by atomic mass is 19.1. The number of amides is 2. The van der Waals surface area contributed by atoms with E-state index in [0.717, 1.165) is 32.7 Å². The van der Waals surface area contributed by atoms with Crippen LogP contribution in [0.15, 0.2) is 18.2 Å². The molecule has 7 heteroatoms. The van der Waals surface area contributed by atoms with Gasteiger partial charge in [0, 0.05) is 44.8 Å². The number of halogens is 1. The van der Waals surface area contributed by atoms with Crippen LogP contribution in [0.2, 0.25) is 0 Å². The maximum atomic E-state index is 13.4. The largest absolute Gasteiger partial charge is 0.479 e.